The number of aliphatic imine (C=N–C) groups is 1. The van der Waals surface area contributed by atoms with E-state index in [-0.39, 0.29) is 6.04 Å². The predicted molar refractivity (Wildman–Crippen MR) is 130 cm³/mol. The minimum atomic E-state index is 0.201. The molecule has 8 heteroatoms. The first-order valence-electron chi connectivity index (χ1n) is 11.3. The maximum atomic E-state index is 5.56. The van der Waals surface area contributed by atoms with Crippen molar-refractivity contribution < 1.29 is 9.47 Å². The summed E-state index contributed by atoms with van der Waals surface area (Å²) < 4.78 is 10.9. The summed E-state index contributed by atoms with van der Waals surface area (Å²) in [6.07, 6.45) is 1.86. The first kappa shape index (κ1) is 22.8. The normalized spacial score (nSPS) is 15.8. The Morgan fingerprint density at radius 2 is 1.88 bits per heavy atom. The molecule has 2 aromatic carbocycles. The van der Waals surface area contributed by atoms with E-state index in [0.717, 1.165) is 61.6 Å². The molecule has 4 rings (SSSR count). The van der Waals surface area contributed by atoms with Crippen LogP contribution in [0.4, 0.5) is 0 Å². The Morgan fingerprint density at radius 1 is 1.12 bits per heavy atom. The van der Waals surface area contributed by atoms with Gasteiger partial charge in [0.1, 0.15) is 11.6 Å². The van der Waals surface area contributed by atoms with Crippen molar-refractivity contribution in [3.8, 4) is 17.0 Å². The van der Waals surface area contributed by atoms with E-state index in [0.29, 0.717) is 6.54 Å². The zero-order valence-electron chi connectivity index (χ0n) is 19.3. The van der Waals surface area contributed by atoms with Gasteiger partial charge in [0.25, 0.3) is 0 Å². The van der Waals surface area contributed by atoms with Crippen molar-refractivity contribution in [3.05, 3.63) is 72.2 Å². The lowest BCUT2D eigenvalue weighted by molar-refractivity contribution is 0.0170. The van der Waals surface area contributed by atoms with Crippen LogP contribution in [-0.4, -0.2) is 67.8 Å². The number of aromatic amines is 1. The zero-order valence-corrected chi connectivity index (χ0v) is 19.3. The van der Waals surface area contributed by atoms with Crippen LogP contribution in [0.3, 0.4) is 0 Å². The Kier molecular flexibility index (Phi) is 7.94. The van der Waals surface area contributed by atoms with Crippen molar-refractivity contribution in [3.63, 3.8) is 0 Å². The third kappa shape index (κ3) is 6.12. The van der Waals surface area contributed by atoms with Crippen LogP contribution in [-0.2, 0) is 11.3 Å². The summed E-state index contributed by atoms with van der Waals surface area (Å²) in [5.74, 6) is 2.45. The second-order valence-corrected chi connectivity index (χ2v) is 7.85. The van der Waals surface area contributed by atoms with Crippen LogP contribution in [0.15, 0.2) is 65.8 Å². The molecule has 174 valence electrons. The topological polar surface area (TPSA) is 86.8 Å². The van der Waals surface area contributed by atoms with Gasteiger partial charge in [0.15, 0.2) is 5.96 Å². The molecule has 8 nitrogen and oxygen atoms in total. The van der Waals surface area contributed by atoms with Gasteiger partial charge in [-0.1, -0.05) is 42.5 Å². The molecule has 0 radical (unpaired) electrons. The molecule has 33 heavy (non-hydrogen) atoms. The second kappa shape index (κ2) is 11.5. The number of benzene rings is 2. The number of hydrogen-bond acceptors (Lipinski definition) is 5. The van der Waals surface area contributed by atoms with Gasteiger partial charge < -0.3 is 25.1 Å². The van der Waals surface area contributed by atoms with Crippen molar-refractivity contribution in [1.29, 1.82) is 0 Å². The summed E-state index contributed by atoms with van der Waals surface area (Å²) >= 11 is 0. The molecule has 1 fully saturated rings. The highest BCUT2D eigenvalue weighted by atomic mass is 16.5. The second-order valence-electron chi connectivity index (χ2n) is 7.85. The Balaban J connectivity index is 1.37. The maximum absolute atomic E-state index is 5.56. The average Bonchev–Trinajstić information content (AvgIpc) is 3.36. The summed E-state index contributed by atoms with van der Waals surface area (Å²) in [6, 6.07) is 18.7. The summed E-state index contributed by atoms with van der Waals surface area (Å²) in [5, 5.41) is 6.85. The van der Waals surface area contributed by atoms with Gasteiger partial charge in [-0.25, -0.2) is 4.98 Å². The van der Waals surface area contributed by atoms with Crippen molar-refractivity contribution >= 4 is 5.96 Å². The minimum Gasteiger partial charge on any atom is -0.497 e. The van der Waals surface area contributed by atoms with E-state index in [9.17, 15) is 0 Å². The summed E-state index contributed by atoms with van der Waals surface area (Å²) in [4.78, 5) is 14.7. The van der Waals surface area contributed by atoms with Crippen molar-refractivity contribution in [2.75, 3.05) is 47.0 Å². The number of rotatable bonds is 8. The number of guanidine groups is 1. The molecule has 1 aliphatic rings. The summed E-state index contributed by atoms with van der Waals surface area (Å²) in [6.45, 7) is 4.58. The Hall–Kier alpha value is -3.36. The molecule has 3 N–H and O–H groups in total. The van der Waals surface area contributed by atoms with Gasteiger partial charge in [0.05, 0.1) is 44.8 Å². The Labute approximate surface area is 195 Å². The Morgan fingerprint density at radius 3 is 2.58 bits per heavy atom. The molecule has 0 aliphatic carbocycles. The molecule has 1 unspecified atom stereocenters. The molecule has 0 spiro atoms. The van der Waals surface area contributed by atoms with Crippen LogP contribution < -0.4 is 15.4 Å². The predicted octanol–water partition coefficient (Wildman–Crippen LogP) is 2.82. The number of nitrogens with zero attached hydrogens (tertiary/aromatic N) is 3. The SMILES string of the molecule is CN=C(NCc1ncc(-c2ccccc2)[nH]1)NCC(c1ccc(OC)cc1)N1CCOCC1. The van der Waals surface area contributed by atoms with Gasteiger partial charge in [0.2, 0.25) is 0 Å². The van der Waals surface area contributed by atoms with E-state index in [1.807, 2.05) is 36.5 Å². The molecule has 1 saturated heterocycles. The number of aromatic nitrogens is 2. The van der Waals surface area contributed by atoms with Crippen LogP contribution in [0.1, 0.15) is 17.4 Å². The molecule has 3 aromatic rings. The number of hydrogen-bond donors (Lipinski definition) is 3. The van der Waals surface area contributed by atoms with Gasteiger partial charge in [0, 0.05) is 26.7 Å². The van der Waals surface area contributed by atoms with Crippen LogP contribution >= 0.6 is 0 Å². The molecule has 1 atom stereocenters. The number of H-pyrrole nitrogens is 1. The molecule has 0 amide bonds. The summed E-state index contributed by atoms with van der Waals surface area (Å²) in [5.41, 5.74) is 3.35. The number of ether oxygens (including phenoxy) is 2. The van der Waals surface area contributed by atoms with Crippen LogP contribution in [0.5, 0.6) is 5.75 Å². The first-order chi connectivity index (χ1) is 16.3. The van der Waals surface area contributed by atoms with Gasteiger partial charge >= 0.3 is 0 Å². The van der Waals surface area contributed by atoms with E-state index in [1.165, 1.54) is 5.56 Å². The van der Waals surface area contributed by atoms with Gasteiger partial charge in [-0.2, -0.15) is 0 Å². The molecule has 2 heterocycles. The fraction of sp³-hybridized carbons (Fsp3) is 0.360. The highest BCUT2D eigenvalue weighted by Gasteiger charge is 2.23. The summed E-state index contributed by atoms with van der Waals surface area (Å²) in [7, 11) is 3.47. The van der Waals surface area contributed by atoms with Crippen molar-refractivity contribution in [2.24, 2.45) is 4.99 Å². The fourth-order valence-electron chi connectivity index (χ4n) is 3.97. The monoisotopic (exact) mass is 448 g/mol. The van der Waals surface area contributed by atoms with E-state index in [4.69, 9.17) is 9.47 Å². The standard InChI is InChI=1S/C25H32N6O2/c1-26-25(29-18-24-27-16-22(30-24)19-6-4-3-5-7-19)28-17-23(31-12-14-33-15-13-31)20-8-10-21(32-2)11-9-20/h3-11,16,23H,12-15,17-18H2,1-2H3,(H,27,30)(H2,26,28,29). The molecule has 0 bridgehead atoms. The number of imidazole rings is 1. The highest BCUT2D eigenvalue weighted by molar-refractivity contribution is 5.79. The smallest absolute Gasteiger partial charge is 0.191 e. The molecule has 1 aromatic heterocycles. The third-order valence-corrected chi connectivity index (χ3v) is 5.81. The van der Waals surface area contributed by atoms with Gasteiger partial charge in [-0.15, -0.1) is 0 Å². The van der Waals surface area contributed by atoms with E-state index >= 15 is 0 Å². The van der Waals surface area contributed by atoms with E-state index in [2.05, 4.69) is 54.8 Å². The molecular formula is C25H32N6O2. The maximum Gasteiger partial charge on any atom is 0.191 e. The lowest BCUT2D eigenvalue weighted by Gasteiger charge is -2.35. The van der Waals surface area contributed by atoms with Crippen LogP contribution in [0.25, 0.3) is 11.3 Å². The molecule has 0 saturated carbocycles. The fourth-order valence-corrected chi connectivity index (χ4v) is 3.97. The number of nitrogens with one attached hydrogen (secondary N) is 3. The van der Waals surface area contributed by atoms with E-state index < -0.39 is 0 Å². The van der Waals surface area contributed by atoms with Crippen molar-refractivity contribution in [1.82, 2.24) is 25.5 Å². The molecular weight excluding hydrogens is 416 g/mol. The lowest BCUT2D eigenvalue weighted by atomic mass is 10.0. The highest BCUT2D eigenvalue weighted by Crippen LogP contribution is 2.23. The Bertz CT molecular complexity index is 1010. The van der Waals surface area contributed by atoms with Gasteiger partial charge in [-0.05, 0) is 23.3 Å². The molecule has 1 aliphatic heterocycles. The quantitative estimate of drug-likeness (QED) is 0.363. The average molecular weight is 449 g/mol. The minimum absolute atomic E-state index is 0.201. The number of morpholine rings is 1. The first-order valence-corrected chi connectivity index (χ1v) is 11.3. The lowest BCUT2D eigenvalue weighted by Crippen LogP contribution is -2.46. The van der Waals surface area contributed by atoms with Crippen LogP contribution in [0, 0.1) is 0 Å². The van der Waals surface area contributed by atoms with Gasteiger partial charge in [-0.3, -0.25) is 9.89 Å². The third-order valence-electron chi connectivity index (χ3n) is 5.81. The van der Waals surface area contributed by atoms with E-state index in [1.54, 1.807) is 14.2 Å². The largest absolute Gasteiger partial charge is 0.497 e. The van der Waals surface area contributed by atoms with Crippen LogP contribution in [0.2, 0.25) is 0 Å². The zero-order chi connectivity index (χ0) is 22.9. The number of methoxy groups -OCH3 is 1. The van der Waals surface area contributed by atoms with Crippen molar-refractivity contribution in [2.45, 2.75) is 12.6 Å².